The lowest BCUT2D eigenvalue weighted by Gasteiger charge is -2.33. The molecule has 2 rings (SSSR count). The van der Waals surface area contributed by atoms with Gasteiger partial charge in [0.1, 0.15) is 0 Å². The van der Waals surface area contributed by atoms with Gasteiger partial charge in [-0.05, 0) is 57.0 Å². The van der Waals surface area contributed by atoms with Crippen LogP contribution in [0.25, 0.3) is 0 Å². The molecule has 3 N–H and O–H groups in total. The van der Waals surface area contributed by atoms with Crippen molar-refractivity contribution in [2.24, 2.45) is 0 Å². The first-order chi connectivity index (χ1) is 10.1. The summed E-state index contributed by atoms with van der Waals surface area (Å²) in [7, 11) is 0. The minimum Gasteiger partial charge on any atom is -0.399 e. The lowest BCUT2D eigenvalue weighted by atomic mass is 10.1. The minimum absolute atomic E-state index is 0.0696. The van der Waals surface area contributed by atoms with E-state index in [1.54, 1.807) is 12.1 Å². The van der Waals surface area contributed by atoms with E-state index >= 15 is 0 Å². The number of hydrogen-bond acceptors (Lipinski definition) is 3. The fourth-order valence-electron chi connectivity index (χ4n) is 3.11. The van der Waals surface area contributed by atoms with E-state index in [4.69, 9.17) is 5.73 Å². The van der Waals surface area contributed by atoms with E-state index < -0.39 is 0 Å². The molecule has 1 saturated heterocycles. The van der Waals surface area contributed by atoms with E-state index in [1.807, 2.05) is 19.1 Å². The summed E-state index contributed by atoms with van der Waals surface area (Å²) >= 11 is 0. The van der Waals surface area contributed by atoms with Gasteiger partial charge in [-0.15, -0.1) is 0 Å². The van der Waals surface area contributed by atoms with Gasteiger partial charge < -0.3 is 11.1 Å². The van der Waals surface area contributed by atoms with E-state index in [1.165, 1.54) is 25.7 Å². The Morgan fingerprint density at radius 2 is 2.05 bits per heavy atom. The summed E-state index contributed by atoms with van der Waals surface area (Å²) in [6.45, 7) is 5.25. The number of anilines is 2. The summed E-state index contributed by atoms with van der Waals surface area (Å²) in [5, 5.41) is 3.00. The molecule has 1 aliphatic heterocycles. The predicted octanol–water partition coefficient (Wildman–Crippen LogP) is 3.25. The van der Waals surface area contributed by atoms with Crippen molar-refractivity contribution in [3.8, 4) is 0 Å². The first-order valence-corrected chi connectivity index (χ1v) is 8.04. The van der Waals surface area contributed by atoms with Gasteiger partial charge in [0.15, 0.2) is 0 Å². The topological polar surface area (TPSA) is 58.4 Å². The van der Waals surface area contributed by atoms with Crippen LogP contribution in [0.5, 0.6) is 0 Å². The Bertz CT molecular complexity index is 458. The summed E-state index contributed by atoms with van der Waals surface area (Å²) in [6.07, 6.45) is 6.06. The fourth-order valence-corrected chi connectivity index (χ4v) is 3.11. The number of nitrogens with one attached hydrogen (secondary N) is 1. The van der Waals surface area contributed by atoms with Gasteiger partial charge in [0.2, 0.25) is 5.91 Å². The molecule has 1 amide bonds. The SMILES string of the molecule is CCC1CCCCCN1C(C)C(=O)Nc1ccc(N)cc1. The number of nitrogens with two attached hydrogens (primary N) is 1. The number of nitrogens with zero attached hydrogens (tertiary/aromatic N) is 1. The highest BCUT2D eigenvalue weighted by Gasteiger charge is 2.28. The molecule has 116 valence electrons. The second kappa shape index (κ2) is 7.46. The van der Waals surface area contributed by atoms with Crippen LogP contribution in [0, 0.1) is 0 Å². The molecule has 0 aliphatic carbocycles. The normalized spacial score (nSPS) is 21.5. The van der Waals surface area contributed by atoms with Crippen LogP contribution in [0.4, 0.5) is 11.4 Å². The number of hydrogen-bond donors (Lipinski definition) is 2. The lowest BCUT2D eigenvalue weighted by molar-refractivity contribution is -0.121. The molecule has 21 heavy (non-hydrogen) atoms. The van der Waals surface area contributed by atoms with Crippen LogP contribution in [0.2, 0.25) is 0 Å². The molecule has 4 nitrogen and oxygen atoms in total. The largest absolute Gasteiger partial charge is 0.399 e. The molecule has 1 heterocycles. The number of carbonyl (C=O) groups is 1. The monoisotopic (exact) mass is 289 g/mol. The third-order valence-corrected chi connectivity index (χ3v) is 4.45. The Kier molecular flexibility index (Phi) is 5.62. The van der Waals surface area contributed by atoms with Crippen molar-refractivity contribution in [2.75, 3.05) is 17.6 Å². The van der Waals surface area contributed by atoms with Crippen LogP contribution in [0.15, 0.2) is 24.3 Å². The summed E-state index contributed by atoms with van der Waals surface area (Å²) in [5.41, 5.74) is 7.18. The van der Waals surface area contributed by atoms with Gasteiger partial charge in [0.25, 0.3) is 0 Å². The van der Waals surface area contributed by atoms with Gasteiger partial charge in [-0.1, -0.05) is 19.8 Å². The van der Waals surface area contributed by atoms with Crippen LogP contribution in [-0.4, -0.2) is 29.4 Å². The van der Waals surface area contributed by atoms with Crippen LogP contribution in [0.1, 0.15) is 46.0 Å². The Balaban J connectivity index is 2.01. The molecular weight excluding hydrogens is 262 g/mol. The van der Waals surface area contributed by atoms with Crippen molar-refractivity contribution in [1.29, 1.82) is 0 Å². The predicted molar refractivity (Wildman–Crippen MR) is 88.2 cm³/mol. The smallest absolute Gasteiger partial charge is 0.241 e. The molecule has 0 aromatic heterocycles. The van der Waals surface area contributed by atoms with Gasteiger partial charge in [0.05, 0.1) is 6.04 Å². The molecule has 4 heteroatoms. The molecule has 1 aromatic rings. The van der Waals surface area contributed by atoms with Crippen molar-refractivity contribution >= 4 is 17.3 Å². The summed E-state index contributed by atoms with van der Waals surface area (Å²) in [6, 6.07) is 7.74. The van der Waals surface area contributed by atoms with Crippen LogP contribution >= 0.6 is 0 Å². The van der Waals surface area contributed by atoms with Gasteiger partial charge in [0, 0.05) is 17.4 Å². The van der Waals surface area contributed by atoms with Crippen molar-refractivity contribution in [3.05, 3.63) is 24.3 Å². The van der Waals surface area contributed by atoms with Crippen molar-refractivity contribution in [2.45, 2.75) is 58.0 Å². The quantitative estimate of drug-likeness (QED) is 0.837. The molecule has 1 aliphatic rings. The summed E-state index contributed by atoms with van der Waals surface area (Å²) in [5.74, 6) is 0.0696. The highest BCUT2D eigenvalue weighted by atomic mass is 16.2. The number of carbonyl (C=O) groups excluding carboxylic acids is 1. The maximum Gasteiger partial charge on any atom is 0.241 e. The zero-order valence-electron chi connectivity index (χ0n) is 13.1. The number of benzene rings is 1. The second-order valence-corrected chi connectivity index (χ2v) is 5.94. The third kappa shape index (κ3) is 4.21. The number of likely N-dealkylation sites (tertiary alicyclic amines) is 1. The molecule has 0 bridgehead atoms. The number of nitrogen functional groups attached to an aromatic ring is 1. The summed E-state index contributed by atoms with van der Waals surface area (Å²) in [4.78, 5) is 14.9. The van der Waals surface area contributed by atoms with Gasteiger partial charge >= 0.3 is 0 Å². The second-order valence-electron chi connectivity index (χ2n) is 5.94. The van der Waals surface area contributed by atoms with E-state index in [0.29, 0.717) is 11.7 Å². The molecule has 1 fully saturated rings. The van der Waals surface area contributed by atoms with Gasteiger partial charge in [-0.25, -0.2) is 0 Å². The molecule has 0 radical (unpaired) electrons. The average molecular weight is 289 g/mol. The Labute approximate surface area is 127 Å². The van der Waals surface area contributed by atoms with E-state index in [-0.39, 0.29) is 11.9 Å². The summed E-state index contributed by atoms with van der Waals surface area (Å²) < 4.78 is 0. The van der Waals surface area contributed by atoms with E-state index in [0.717, 1.165) is 18.7 Å². The molecule has 0 saturated carbocycles. The Hall–Kier alpha value is -1.55. The molecule has 1 aromatic carbocycles. The van der Waals surface area contributed by atoms with Gasteiger partial charge in [-0.2, -0.15) is 0 Å². The number of amides is 1. The highest BCUT2D eigenvalue weighted by molar-refractivity contribution is 5.94. The fraction of sp³-hybridized carbons (Fsp3) is 0.588. The van der Waals surface area contributed by atoms with Crippen molar-refractivity contribution in [1.82, 2.24) is 4.90 Å². The van der Waals surface area contributed by atoms with Crippen LogP contribution in [0.3, 0.4) is 0 Å². The van der Waals surface area contributed by atoms with Crippen molar-refractivity contribution < 1.29 is 4.79 Å². The standard InChI is InChI=1S/C17H27N3O/c1-3-16-7-5-4-6-12-20(16)13(2)17(21)19-15-10-8-14(18)9-11-15/h8-11,13,16H,3-7,12,18H2,1-2H3,(H,19,21). The van der Waals surface area contributed by atoms with Crippen molar-refractivity contribution in [3.63, 3.8) is 0 Å². The Morgan fingerprint density at radius 1 is 1.33 bits per heavy atom. The Morgan fingerprint density at radius 3 is 2.71 bits per heavy atom. The van der Waals surface area contributed by atoms with Gasteiger partial charge in [-0.3, -0.25) is 9.69 Å². The highest BCUT2D eigenvalue weighted by Crippen LogP contribution is 2.22. The average Bonchev–Trinajstić information content (AvgIpc) is 2.73. The molecule has 0 spiro atoms. The zero-order chi connectivity index (χ0) is 15.2. The van der Waals surface area contributed by atoms with Crippen LogP contribution < -0.4 is 11.1 Å². The molecule has 2 atom stereocenters. The van der Waals surface area contributed by atoms with E-state index in [2.05, 4.69) is 17.1 Å². The maximum atomic E-state index is 12.5. The zero-order valence-corrected chi connectivity index (χ0v) is 13.1. The lowest BCUT2D eigenvalue weighted by Crippen LogP contribution is -2.47. The molecular formula is C17H27N3O. The number of rotatable bonds is 4. The first-order valence-electron chi connectivity index (χ1n) is 8.04. The third-order valence-electron chi connectivity index (χ3n) is 4.45. The van der Waals surface area contributed by atoms with Crippen LogP contribution in [-0.2, 0) is 4.79 Å². The molecule has 2 unspecified atom stereocenters. The minimum atomic E-state index is -0.0920. The van der Waals surface area contributed by atoms with E-state index in [9.17, 15) is 4.79 Å². The first kappa shape index (κ1) is 15.8. The maximum absolute atomic E-state index is 12.5.